The number of carboxylic acid groups (broad SMARTS) is 1. The Morgan fingerprint density at radius 1 is 1.35 bits per heavy atom. The number of aliphatic carboxylic acids is 1. The van der Waals surface area contributed by atoms with Gasteiger partial charge in [-0.2, -0.15) is 0 Å². The molecule has 0 saturated heterocycles. The molecule has 1 N–H and O–H groups in total. The fraction of sp³-hybridized carbons (Fsp3) is 0.357. The predicted octanol–water partition coefficient (Wildman–Crippen LogP) is 0.467. The van der Waals surface area contributed by atoms with E-state index in [9.17, 15) is 14.4 Å². The molecule has 1 aliphatic heterocycles. The van der Waals surface area contributed by atoms with Crippen molar-refractivity contribution in [2.45, 2.75) is 19.9 Å². The molecule has 1 aromatic heterocycles. The SMILES string of the molecule is Cc1cc(C(=O)N2CC=C[C@H]2C(=O)O)c(=O)n(C)c1C. The Bertz CT molecular complexity index is 672. The summed E-state index contributed by atoms with van der Waals surface area (Å²) in [5.74, 6) is -1.65. The van der Waals surface area contributed by atoms with Crippen molar-refractivity contribution >= 4 is 11.9 Å². The summed E-state index contributed by atoms with van der Waals surface area (Å²) in [5.41, 5.74) is 1.19. The zero-order valence-electron chi connectivity index (χ0n) is 11.6. The largest absolute Gasteiger partial charge is 0.479 e. The van der Waals surface area contributed by atoms with Gasteiger partial charge in [-0.25, -0.2) is 4.79 Å². The van der Waals surface area contributed by atoms with Gasteiger partial charge >= 0.3 is 5.97 Å². The molecule has 1 aromatic rings. The molecule has 2 heterocycles. The van der Waals surface area contributed by atoms with E-state index < -0.39 is 23.5 Å². The van der Waals surface area contributed by atoms with Gasteiger partial charge in [-0.3, -0.25) is 9.59 Å². The third kappa shape index (κ3) is 2.13. The highest BCUT2D eigenvalue weighted by Crippen LogP contribution is 2.15. The van der Waals surface area contributed by atoms with Crippen molar-refractivity contribution in [3.8, 4) is 0 Å². The summed E-state index contributed by atoms with van der Waals surface area (Å²) < 4.78 is 1.40. The normalized spacial score (nSPS) is 17.6. The molecule has 1 aliphatic rings. The molecule has 6 nitrogen and oxygen atoms in total. The topological polar surface area (TPSA) is 79.6 Å². The molecule has 6 heteroatoms. The lowest BCUT2D eigenvalue weighted by Crippen LogP contribution is -2.43. The molecule has 1 atom stereocenters. The molecule has 106 valence electrons. The first kappa shape index (κ1) is 14.0. The van der Waals surface area contributed by atoms with Crippen LogP contribution in [0.5, 0.6) is 0 Å². The maximum absolute atomic E-state index is 12.4. The van der Waals surface area contributed by atoms with Crippen molar-refractivity contribution < 1.29 is 14.7 Å². The Kier molecular flexibility index (Phi) is 3.48. The van der Waals surface area contributed by atoms with Gasteiger partial charge in [0, 0.05) is 19.3 Å². The third-order valence-corrected chi connectivity index (χ3v) is 3.67. The molecule has 0 fully saturated rings. The number of hydrogen-bond acceptors (Lipinski definition) is 3. The van der Waals surface area contributed by atoms with Crippen molar-refractivity contribution in [1.29, 1.82) is 0 Å². The number of amides is 1. The van der Waals surface area contributed by atoms with Gasteiger partial charge in [0.05, 0.1) is 0 Å². The minimum atomic E-state index is -1.10. The first-order valence-electron chi connectivity index (χ1n) is 6.22. The smallest absolute Gasteiger partial charge is 0.330 e. The Hall–Kier alpha value is -2.37. The van der Waals surface area contributed by atoms with Gasteiger partial charge in [0.2, 0.25) is 0 Å². The predicted molar refractivity (Wildman–Crippen MR) is 72.8 cm³/mol. The van der Waals surface area contributed by atoms with Crippen molar-refractivity contribution in [3.05, 3.63) is 45.4 Å². The number of rotatable bonds is 2. The average molecular weight is 276 g/mol. The zero-order valence-corrected chi connectivity index (χ0v) is 11.6. The standard InChI is InChI=1S/C14H16N2O4/c1-8-7-10(12(17)15(3)9(8)2)13(18)16-6-4-5-11(16)14(19)20/h4-5,7,11H,6H2,1-3H3,(H,19,20)/t11-/m0/s1. The van der Waals surface area contributed by atoms with Gasteiger partial charge in [0.15, 0.2) is 0 Å². The van der Waals surface area contributed by atoms with Gasteiger partial charge in [-0.1, -0.05) is 12.2 Å². The molecular weight excluding hydrogens is 260 g/mol. The number of carbonyl (C=O) groups excluding carboxylic acids is 1. The van der Waals surface area contributed by atoms with E-state index >= 15 is 0 Å². The van der Waals surface area contributed by atoms with Crippen LogP contribution in [-0.2, 0) is 11.8 Å². The van der Waals surface area contributed by atoms with Gasteiger partial charge in [-0.15, -0.1) is 0 Å². The molecule has 0 spiro atoms. The van der Waals surface area contributed by atoms with Gasteiger partial charge in [-0.05, 0) is 25.5 Å². The zero-order chi connectivity index (χ0) is 15.0. The van der Waals surface area contributed by atoms with Crippen molar-refractivity contribution in [3.63, 3.8) is 0 Å². The lowest BCUT2D eigenvalue weighted by atomic mass is 10.1. The summed E-state index contributed by atoms with van der Waals surface area (Å²) in [6.45, 7) is 3.80. The second kappa shape index (κ2) is 4.96. The van der Waals surface area contributed by atoms with Crippen LogP contribution in [0, 0.1) is 13.8 Å². The van der Waals surface area contributed by atoms with Crippen molar-refractivity contribution in [2.75, 3.05) is 6.54 Å². The lowest BCUT2D eigenvalue weighted by molar-refractivity contribution is -0.140. The molecule has 0 aliphatic carbocycles. The Labute approximate surface area is 115 Å². The maximum Gasteiger partial charge on any atom is 0.330 e. The molecule has 1 amide bonds. The van der Waals surface area contributed by atoms with Crippen LogP contribution in [0.4, 0.5) is 0 Å². The highest BCUT2D eigenvalue weighted by Gasteiger charge is 2.32. The Morgan fingerprint density at radius 3 is 2.60 bits per heavy atom. The van der Waals surface area contributed by atoms with E-state index in [1.54, 1.807) is 20.0 Å². The molecule has 2 rings (SSSR count). The van der Waals surface area contributed by atoms with Crippen LogP contribution < -0.4 is 5.56 Å². The first-order chi connectivity index (χ1) is 9.34. The van der Waals surface area contributed by atoms with Crippen LogP contribution in [0.1, 0.15) is 21.6 Å². The maximum atomic E-state index is 12.4. The summed E-state index contributed by atoms with van der Waals surface area (Å²) in [6.07, 6.45) is 3.06. The molecule has 20 heavy (non-hydrogen) atoms. The second-order valence-corrected chi connectivity index (χ2v) is 4.86. The Balaban J connectivity index is 2.45. The van der Waals surface area contributed by atoms with E-state index in [0.29, 0.717) is 0 Å². The van der Waals surface area contributed by atoms with E-state index in [1.165, 1.54) is 21.6 Å². The fourth-order valence-corrected chi connectivity index (χ4v) is 2.23. The summed E-state index contributed by atoms with van der Waals surface area (Å²) in [7, 11) is 1.60. The highest BCUT2D eigenvalue weighted by atomic mass is 16.4. The third-order valence-electron chi connectivity index (χ3n) is 3.67. The highest BCUT2D eigenvalue weighted by molar-refractivity contribution is 5.97. The second-order valence-electron chi connectivity index (χ2n) is 4.86. The van der Waals surface area contributed by atoms with Gasteiger partial charge in [0.1, 0.15) is 11.6 Å². The minimum Gasteiger partial charge on any atom is -0.479 e. The molecule has 0 bridgehead atoms. The van der Waals surface area contributed by atoms with Crippen molar-refractivity contribution in [2.24, 2.45) is 7.05 Å². The molecule has 0 aromatic carbocycles. The number of pyridine rings is 1. The van der Waals surface area contributed by atoms with Crippen LogP contribution in [0.2, 0.25) is 0 Å². The summed E-state index contributed by atoms with van der Waals surface area (Å²) in [5, 5.41) is 9.07. The van der Waals surface area contributed by atoms with Crippen LogP contribution in [-0.4, -0.2) is 39.0 Å². The fourth-order valence-electron chi connectivity index (χ4n) is 2.23. The minimum absolute atomic E-state index is 0.00514. The Morgan fingerprint density at radius 2 is 2.00 bits per heavy atom. The monoisotopic (exact) mass is 276 g/mol. The van der Waals surface area contributed by atoms with Gasteiger partial charge in [0.25, 0.3) is 11.5 Å². The van der Waals surface area contributed by atoms with Crippen LogP contribution in [0.15, 0.2) is 23.0 Å². The quantitative estimate of drug-likeness (QED) is 0.796. The number of carboxylic acids is 1. The van der Waals surface area contributed by atoms with E-state index in [1.807, 2.05) is 6.92 Å². The van der Waals surface area contributed by atoms with E-state index in [0.717, 1.165) is 11.3 Å². The lowest BCUT2D eigenvalue weighted by Gasteiger charge is -2.22. The summed E-state index contributed by atoms with van der Waals surface area (Å²) in [4.78, 5) is 36.8. The molecular formula is C14H16N2O4. The summed E-state index contributed by atoms with van der Waals surface area (Å²) >= 11 is 0. The van der Waals surface area contributed by atoms with E-state index in [-0.39, 0.29) is 12.1 Å². The molecule has 0 saturated carbocycles. The molecule has 0 radical (unpaired) electrons. The van der Waals surface area contributed by atoms with Crippen LogP contribution in [0.25, 0.3) is 0 Å². The number of carbonyl (C=O) groups is 2. The average Bonchev–Trinajstić information content (AvgIpc) is 2.89. The number of aromatic nitrogens is 1. The summed E-state index contributed by atoms with van der Waals surface area (Å²) in [6, 6.07) is 0.519. The van der Waals surface area contributed by atoms with Crippen LogP contribution in [0.3, 0.4) is 0 Å². The first-order valence-corrected chi connectivity index (χ1v) is 6.22. The van der Waals surface area contributed by atoms with E-state index in [2.05, 4.69) is 0 Å². The van der Waals surface area contributed by atoms with E-state index in [4.69, 9.17) is 5.11 Å². The van der Waals surface area contributed by atoms with Crippen LogP contribution >= 0.6 is 0 Å². The number of nitrogens with zero attached hydrogens (tertiary/aromatic N) is 2. The molecule has 0 unspecified atom stereocenters. The number of hydrogen-bond donors (Lipinski definition) is 1. The van der Waals surface area contributed by atoms with Gasteiger partial charge < -0.3 is 14.6 Å². The number of aryl methyl sites for hydroxylation is 1. The van der Waals surface area contributed by atoms with Crippen molar-refractivity contribution in [1.82, 2.24) is 9.47 Å².